The first kappa shape index (κ1) is 13.1. The number of nitrogens with two attached hydrogens (primary N) is 1. The Kier molecular flexibility index (Phi) is 4.60. The number of nitrogens with zero attached hydrogens (tertiary/aromatic N) is 1. The number of rotatable bonds is 4. The molecule has 94 valence electrons. The topological polar surface area (TPSA) is 29.3 Å². The van der Waals surface area contributed by atoms with Crippen LogP contribution in [0.25, 0.3) is 0 Å². The quantitative estimate of drug-likeness (QED) is 0.926. The molecule has 1 fully saturated rings. The zero-order chi connectivity index (χ0) is 12.3. The van der Waals surface area contributed by atoms with Crippen molar-refractivity contribution in [3.63, 3.8) is 0 Å². The Labute approximate surface area is 112 Å². The van der Waals surface area contributed by atoms with Gasteiger partial charge in [0.05, 0.1) is 0 Å². The molecule has 0 bridgehead atoms. The maximum absolute atomic E-state index is 6.12. The fraction of sp³-hybridized carbons (Fsp3) is 0.571. The van der Waals surface area contributed by atoms with Crippen LogP contribution in [0.2, 0.25) is 0 Å². The molecule has 2 rings (SSSR count). The van der Waals surface area contributed by atoms with Crippen LogP contribution in [0.3, 0.4) is 0 Å². The second-order valence-electron chi connectivity index (χ2n) is 5.02. The third-order valence-electron chi connectivity index (χ3n) is 3.74. The van der Waals surface area contributed by atoms with Crippen LogP contribution in [0, 0.1) is 0 Å². The molecule has 0 aromatic heterocycles. The molecule has 0 radical (unpaired) electrons. The highest BCUT2D eigenvalue weighted by Crippen LogP contribution is 2.22. The van der Waals surface area contributed by atoms with Crippen LogP contribution >= 0.6 is 15.9 Å². The molecule has 1 saturated carbocycles. The molecule has 0 saturated heterocycles. The van der Waals surface area contributed by atoms with Gasteiger partial charge < -0.3 is 10.6 Å². The first-order valence-electron chi connectivity index (χ1n) is 6.37. The number of benzene rings is 1. The average molecular weight is 297 g/mol. The van der Waals surface area contributed by atoms with Crippen molar-refractivity contribution in [2.45, 2.75) is 37.8 Å². The van der Waals surface area contributed by atoms with Crippen molar-refractivity contribution in [2.75, 3.05) is 13.6 Å². The molecule has 1 aliphatic carbocycles. The van der Waals surface area contributed by atoms with Gasteiger partial charge in [0.1, 0.15) is 0 Å². The van der Waals surface area contributed by atoms with Crippen molar-refractivity contribution >= 4 is 15.9 Å². The molecule has 2 N–H and O–H groups in total. The zero-order valence-corrected chi connectivity index (χ0v) is 12.0. The molecule has 2 atom stereocenters. The van der Waals surface area contributed by atoms with E-state index in [2.05, 4.69) is 52.1 Å². The van der Waals surface area contributed by atoms with Crippen molar-refractivity contribution in [1.82, 2.24) is 4.90 Å². The van der Waals surface area contributed by atoms with Crippen LogP contribution in [-0.4, -0.2) is 30.6 Å². The summed E-state index contributed by atoms with van der Waals surface area (Å²) in [6.07, 6.45) is 4.83. The van der Waals surface area contributed by atoms with Gasteiger partial charge in [-0.3, -0.25) is 0 Å². The molecule has 0 amide bonds. The van der Waals surface area contributed by atoms with Crippen LogP contribution < -0.4 is 5.73 Å². The number of halogens is 1. The minimum atomic E-state index is 0.377. The molecule has 1 aromatic carbocycles. The second kappa shape index (κ2) is 5.98. The Hall–Kier alpha value is -0.380. The lowest BCUT2D eigenvalue weighted by molar-refractivity contribution is 0.231. The average Bonchev–Trinajstić information content (AvgIpc) is 2.72. The SMILES string of the molecule is CN(CCc1cccc(Br)c1)C1CCCC1N. The van der Waals surface area contributed by atoms with E-state index in [9.17, 15) is 0 Å². The van der Waals surface area contributed by atoms with Gasteiger partial charge in [0.25, 0.3) is 0 Å². The summed E-state index contributed by atoms with van der Waals surface area (Å²) in [6, 6.07) is 9.51. The van der Waals surface area contributed by atoms with Gasteiger partial charge in [-0.25, -0.2) is 0 Å². The fourth-order valence-electron chi connectivity index (χ4n) is 2.68. The van der Waals surface area contributed by atoms with Crippen molar-refractivity contribution in [2.24, 2.45) is 5.73 Å². The smallest absolute Gasteiger partial charge is 0.0244 e. The Morgan fingerprint density at radius 3 is 2.88 bits per heavy atom. The van der Waals surface area contributed by atoms with Gasteiger partial charge in [0, 0.05) is 23.1 Å². The Balaban J connectivity index is 1.85. The fourth-order valence-corrected chi connectivity index (χ4v) is 3.13. The van der Waals surface area contributed by atoms with Crippen LogP contribution in [0.4, 0.5) is 0 Å². The first-order chi connectivity index (χ1) is 8.16. The van der Waals surface area contributed by atoms with E-state index >= 15 is 0 Å². The largest absolute Gasteiger partial charge is 0.326 e. The summed E-state index contributed by atoms with van der Waals surface area (Å²) < 4.78 is 1.16. The Morgan fingerprint density at radius 1 is 1.41 bits per heavy atom. The van der Waals surface area contributed by atoms with Gasteiger partial charge in [-0.1, -0.05) is 34.5 Å². The molecule has 1 aliphatic rings. The molecular formula is C14H21BrN2. The maximum atomic E-state index is 6.12. The van der Waals surface area contributed by atoms with Crippen molar-refractivity contribution in [3.8, 4) is 0 Å². The van der Waals surface area contributed by atoms with E-state index in [1.54, 1.807) is 0 Å². The molecule has 1 aromatic rings. The molecule has 2 nitrogen and oxygen atoms in total. The van der Waals surface area contributed by atoms with Gasteiger partial charge in [0.15, 0.2) is 0 Å². The van der Waals surface area contributed by atoms with Gasteiger partial charge in [-0.05, 0) is 44.0 Å². The predicted molar refractivity (Wildman–Crippen MR) is 76.1 cm³/mol. The molecular weight excluding hydrogens is 276 g/mol. The summed E-state index contributed by atoms with van der Waals surface area (Å²) in [5.41, 5.74) is 7.51. The van der Waals surface area contributed by atoms with E-state index < -0.39 is 0 Å². The zero-order valence-electron chi connectivity index (χ0n) is 10.4. The van der Waals surface area contributed by atoms with Gasteiger partial charge in [0.2, 0.25) is 0 Å². The monoisotopic (exact) mass is 296 g/mol. The van der Waals surface area contributed by atoms with Gasteiger partial charge in [-0.2, -0.15) is 0 Å². The maximum Gasteiger partial charge on any atom is 0.0244 e. The predicted octanol–water partition coefficient (Wildman–Crippen LogP) is 2.80. The van der Waals surface area contributed by atoms with Crippen molar-refractivity contribution in [1.29, 1.82) is 0 Å². The van der Waals surface area contributed by atoms with Crippen LogP contribution in [-0.2, 0) is 6.42 Å². The van der Waals surface area contributed by atoms with E-state index in [-0.39, 0.29) is 0 Å². The third-order valence-corrected chi connectivity index (χ3v) is 4.23. The molecule has 2 unspecified atom stereocenters. The summed E-state index contributed by atoms with van der Waals surface area (Å²) in [4.78, 5) is 2.43. The Bertz CT molecular complexity index is 367. The van der Waals surface area contributed by atoms with E-state index in [1.807, 2.05) is 0 Å². The second-order valence-corrected chi connectivity index (χ2v) is 5.94. The van der Waals surface area contributed by atoms with E-state index in [0.29, 0.717) is 12.1 Å². The van der Waals surface area contributed by atoms with E-state index in [0.717, 1.165) is 17.4 Å². The number of likely N-dealkylation sites (N-methyl/N-ethyl adjacent to an activating group) is 1. The summed E-state index contributed by atoms with van der Waals surface area (Å²) >= 11 is 3.51. The van der Waals surface area contributed by atoms with Gasteiger partial charge in [-0.15, -0.1) is 0 Å². The summed E-state index contributed by atoms with van der Waals surface area (Å²) in [6.45, 7) is 1.09. The normalized spacial score (nSPS) is 24.5. The summed E-state index contributed by atoms with van der Waals surface area (Å²) in [5.74, 6) is 0. The molecule has 0 spiro atoms. The third kappa shape index (κ3) is 3.54. The molecule has 17 heavy (non-hydrogen) atoms. The Morgan fingerprint density at radius 2 is 2.24 bits per heavy atom. The molecule has 0 aliphatic heterocycles. The lowest BCUT2D eigenvalue weighted by Crippen LogP contribution is -2.42. The first-order valence-corrected chi connectivity index (χ1v) is 7.16. The lowest BCUT2D eigenvalue weighted by atomic mass is 10.1. The van der Waals surface area contributed by atoms with Crippen molar-refractivity contribution in [3.05, 3.63) is 34.3 Å². The minimum Gasteiger partial charge on any atom is -0.326 e. The summed E-state index contributed by atoms with van der Waals surface area (Å²) in [7, 11) is 2.20. The summed E-state index contributed by atoms with van der Waals surface area (Å²) in [5, 5.41) is 0. The minimum absolute atomic E-state index is 0.377. The lowest BCUT2D eigenvalue weighted by Gasteiger charge is -2.27. The molecule has 3 heteroatoms. The standard InChI is InChI=1S/C14H21BrN2/c1-17(14-7-3-6-13(14)16)9-8-11-4-2-5-12(15)10-11/h2,4-5,10,13-14H,3,6-9,16H2,1H3. The van der Waals surface area contributed by atoms with Crippen LogP contribution in [0.15, 0.2) is 28.7 Å². The van der Waals surface area contributed by atoms with Crippen molar-refractivity contribution < 1.29 is 0 Å². The molecule has 0 heterocycles. The van der Waals surface area contributed by atoms with Crippen LogP contribution in [0.5, 0.6) is 0 Å². The highest BCUT2D eigenvalue weighted by Gasteiger charge is 2.26. The van der Waals surface area contributed by atoms with E-state index in [4.69, 9.17) is 5.73 Å². The van der Waals surface area contributed by atoms with Crippen LogP contribution in [0.1, 0.15) is 24.8 Å². The highest BCUT2D eigenvalue weighted by molar-refractivity contribution is 9.10. The van der Waals surface area contributed by atoms with E-state index in [1.165, 1.54) is 24.8 Å². The number of hydrogen-bond donors (Lipinski definition) is 1. The number of hydrogen-bond acceptors (Lipinski definition) is 2. The highest BCUT2D eigenvalue weighted by atomic mass is 79.9. The van der Waals surface area contributed by atoms with Gasteiger partial charge >= 0.3 is 0 Å².